The summed E-state index contributed by atoms with van der Waals surface area (Å²) in [5, 5.41) is 8.24. The highest BCUT2D eigenvalue weighted by Gasteiger charge is 2.45. The van der Waals surface area contributed by atoms with Gasteiger partial charge in [0.25, 0.3) is 0 Å². The van der Waals surface area contributed by atoms with E-state index in [4.69, 9.17) is 0 Å². The van der Waals surface area contributed by atoms with Crippen LogP contribution < -0.4 is 0 Å². The molecule has 1 aliphatic rings. The van der Waals surface area contributed by atoms with Gasteiger partial charge in [-0.25, -0.2) is 13.5 Å². The molecule has 0 N–H and O–H groups in total. The Balaban J connectivity index is 1.93. The molecule has 1 fully saturated rings. The van der Waals surface area contributed by atoms with Gasteiger partial charge in [-0.1, -0.05) is 21.1 Å². The second kappa shape index (κ2) is 3.56. The molecule has 3 nitrogen and oxygen atoms in total. The number of aromatic nitrogens is 3. The lowest BCUT2D eigenvalue weighted by atomic mass is 9.81. The largest absolute Gasteiger partial charge is 0.248 e. The quantitative estimate of drug-likeness (QED) is 0.785. The van der Waals surface area contributed by atoms with E-state index in [-0.39, 0.29) is 18.8 Å². The van der Waals surface area contributed by atoms with E-state index < -0.39 is 5.92 Å². The summed E-state index contributed by atoms with van der Waals surface area (Å²) in [6, 6.07) is 0. The van der Waals surface area contributed by atoms with Crippen LogP contribution in [0.5, 0.6) is 0 Å². The molecule has 1 saturated carbocycles. The number of rotatable bonds is 3. The Kier molecular flexibility index (Phi) is 2.55. The van der Waals surface area contributed by atoms with Gasteiger partial charge in [0, 0.05) is 24.7 Å². The maximum atomic E-state index is 12.5. The molecule has 0 spiro atoms. The first-order valence-electron chi connectivity index (χ1n) is 4.42. The zero-order chi connectivity index (χ0) is 10.2. The minimum atomic E-state index is -2.44. The second-order valence-corrected chi connectivity index (χ2v) is 4.23. The number of alkyl halides is 3. The fourth-order valence-electron chi connectivity index (χ4n) is 1.69. The standard InChI is InChI=1S/C8H10BrF2N3/c9-3-7-4-12-13-14(7)5-6-1-8(10,11)2-6/h4,6H,1-3,5H2. The molecule has 0 saturated heterocycles. The molecule has 0 aliphatic heterocycles. The van der Waals surface area contributed by atoms with E-state index in [0.717, 1.165) is 5.69 Å². The molecule has 1 aromatic heterocycles. The Labute approximate surface area is 88.6 Å². The summed E-state index contributed by atoms with van der Waals surface area (Å²) in [6.07, 6.45) is 1.61. The van der Waals surface area contributed by atoms with Crippen molar-refractivity contribution in [1.29, 1.82) is 0 Å². The fraction of sp³-hybridized carbons (Fsp3) is 0.750. The van der Waals surface area contributed by atoms with Gasteiger partial charge in [0.15, 0.2) is 0 Å². The normalized spacial score (nSPS) is 20.8. The Hall–Kier alpha value is -0.520. The maximum Gasteiger partial charge on any atom is 0.248 e. The summed E-state index contributed by atoms with van der Waals surface area (Å²) in [7, 11) is 0. The lowest BCUT2D eigenvalue weighted by molar-refractivity contribution is -0.114. The third-order valence-electron chi connectivity index (χ3n) is 2.44. The lowest BCUT2D eigenvalue weighted by Crippen LogP contribution is -2.38. The number of halogens is 3. The minimum Gasteiger partial charge on any atom is -0.248 e. The molecule has 0 atom stereocenters. The fourth-order valence-corrected chi connectivity index (χ4v) is 2.13. The van der Waals surface area contributed by atoms with E-state index in [2.05, 4.69) is 26.2 Å². The monoisotopic (exact) mass is 265 g/mol. The molecular weight excluding hydrogens is 256 g/mol. The van der Waals surface area contributed by atoms with Crippen LogP contribution in [-0.4, -0.2) is 20.9 Å². The van der Waals surface area contributed by atoms with Crippen LogP contribution in [0.3, 0.4) is 0 Å². The van der Waals surface area contributed by atoms with E-state index in [9.17, 15) is 8.78 Å². The molecule has 0 aromatic carbocycles. The average Bonchev–Trinajstić information content (AvgIpc) is 2.48. The highest BCUT2D eigenvalue weighted by Crippen LogP contribution is 2.43. The molecule has 0 radical (unpaired) electrons. The Morgan fingerprint density at radius 2 is 2.29 bits per heavy atom. The Morgan fingerprint density at radius 1 is 1.57 bits per heavy atom. The van der Waals surface area contributed by atoms with E-state index in [1.54, 1.807) is 10.9 Å². The van der Waals surface area contributed by atoms with Crippen LogP contribution in [0.25, 0.3) is 0 Å². The van der Waals surface area contributed by atoms with Gasteiger partial charge < -0.3 is 0 Å². The van der Waals surface area contributed by atoms with Crippen molar-refractivity contribution in [3.8, 4) is 0 Å². The first-order chi connectivity index (χ1) is 6.61. The lowest BCUT2D eigenvalue weighted by Gasteiger charge is -2.34. The summed E-state index contributed by atoms with van der Waals surface area (Å²) < 4.78 is 26.8. The molecule has 14 heavy (non-hydrogen) atoms. The third-order valence-corrected chi connectivity index (χ3v) is 3.02. The highest BCUT2D eigenvalue weighted by molar-refractivity contribution is 9.08. The molecule has 0 amide bonds. The van der Waals surface area contributed by atoms with Gasteiger partial charge in [0.1, 0.15) is 0 Å². The smallest absolute Gasteiger partial charge is 0.248 e. The van der Waals surface area contributed by atoms with Crippen LogP contribution >= 0.6 is 15.9 Å². The molecule has 0 unspecified atom stereocenters. The van der Waals surface area contributed by atoms with Crippen molar-refractivity contribution in [3.05, 3.63) is 11.9 Å². The summed E-state index contributed by atoms with van der Waals surface area (Å²) in [6.45, 7) is 0.552. The summed E-state index contributed by atoms with van der Waals surface area (Å²) >= 11 is 3.29. The summed E-state index contributed by atoms with van der Waals surface area (Å²) in [5.74, 6) is -2.40. The van der Waals surface area contributed by atoms with E-state index >= 15 is 0 Å². The Morgan fingerprint density at radius 3 is 2.86 bits per heavy atom. The summed E-state index contributed by atoms with van der Waals surface area (Å²) in [5.41, 5.74) is 0.931. The number of hydrogen-bond donors (Lipinski definition) is 0. The summed E-state index contributed by atoms with van der Waals surface area (Å²) in [4.78, 5) is 0. The van der Waals surface area contributed by atoms with Crippen molar-refractivity contribution in [2.45, 2.75) is 30.6 Å². The van der Waals surface area contributed by atoms with Gasteiger partial charge in [-0.2, -0.15) is 0 Å². The average molecular weight is 266 g/mol. The molecule has 78 valence electrons. The van der Waals surface area contributed by atoms with Gasteiger partial charge in [0.05, 0.1) is 11.9 Å². The first-order valence-corrected chi connectivity index (χ1v) is 5.54. The van der Waals surface area contributed by atoms with E-state index in [1.165, 1.54) is 0 Å². The highest BCUT2D eigenvalue weighted by atomic mass is 79.9. The molecule has 0 bridgehead atoms. The molecule has 1 aliphatic carbocycles. The zero-order valence-corrected chi connectivity index (χ0v) is 9.04. The SMILES string of the molecule is FC1(F)CC(Cn2nncc2CBr)C1. The van der Waals surface area contributed by atoms with Crippen molar-refractivity contribution in [3.63, 3.8) is 0 Å². The van der Waals surface area contributed by atoms with Crippen LogP contribution in [0.1, 0.15) is 18.5 Å². The van der Waals surface area contributed by atoms with Crippen molar-refractivity contribution in [1.82, 2.24) is 15.0 Å². The predicted octanol–water partition coefficient (Wildman–Crippen LogP) is 2.22. The van der Waals surface area contributed by atoms with Crippen LogP contribution in [0.4, 0.5) is 8.78 Å². The van der Waals surface area contributed by atoms with Gasteiger partial charge >= 0.3 is 0 Å². The van der Waals surface area contributed by atoms with Crippen molar-refractivity contribution in [2.24, 2.45) is 5.92 Å². The van der Waals surface area contributed by atoms with Gasteiger partial charge in [-0.05, 0) is 5.92 Å². The van der Waals surface area contributed by atoms with Gasteiger partial charge in [-0.3, -0.25) is 0 Å². The van der Waals surface area contributed by atoms with Crippen LogP contribution in [0, 0.1) is 5.92 Å². The van der Waals surface area contributed by atoms with E-state index in [1.807, 2.05) is 0 Å². The van der Waals surface area contributed by atoms with Gasteiger partial charge in [0.2, 0.25) is 5.92 Å². The van der Waals surface area contributed by atoms with Crippen molar-refractivity contribution < 1.29 is 8.78 Å². The topological polar surface area (TPSA) is 30.7 Å². The van der Waals surface area contributed by atoms with Crippen molar-refractivity contribution in [2.75, 3.05) is 0 Å². The second-order valence-electron chi connectivity index (χ2n) is 3.67. The molecule has 1 aromatic rings. The minimum absolute atomic E-state index is 0.0193. The van der Waals surface area contributed by atoms with Crippen molar-refractivity contribution >= 4 is 15.9 Å². The Bertz CT molecular complexity index is 318. The number of nitrogens with zero attached hydrogens (tertiary/aromatic N) is 3. The molecular formula is C8H10BrF2N3. The third kappa shape index (κ3) is 1.94. The molecule has 6 heteroatoms. The predicted molar refractivity (Wildman–Crippen MR) is 50.3 cm³/mol. The van der Waals surface area contributed by atoms with Crippen LogP contribution in [0.15, 0.2) is 6.20 Å². The van der Waals surface area contributed by atoms with Crippen LogP contribution in [-0.2, 0) is 11.9 Å². The van der Waals surface area contributed by atoms with Crippen LogP contribution in [0.2, 0.25) is 0 Å². The molecule has 2 rings (SSSR count). The maximum absolute atomic E-state index is 12.5. The van der Waals surface area contributed by atoms with E-state index in [0.29, 0.717) is 11.9 Å². The zero-order valence-electron chi connectivity index (χ0n) is 7.46. The number of hydrogen-bond acceptors (Lipinski definition) is 2. The van der Waals surface area contributed by atoms with Gasteiger partial charge in [-0.15, -0.1) is 5.10 Å². The molecule has 1 heterocycles. The first kappa shape index (κ1) is 10.0.